The van der Waals surface area contributed by atoms with Gasteiger partial charge in [0.1, 0.15) is 5.75 Å². The van der Waals surface area contributed by atoms with Crippen LogP contribution in [-0.2, 0) is 6.54 Å². The van der Waals surface area contributed by atoms with Crippen LogP contribution in [0.2, 0.25) is 5.02 Å². The fourth-order valence-electron chi connectivity index (χ4n) is 2.42. The lowest BCUT2D eigenvalue weighted by Crippen LogP contribution is -2.29. The maximum atomic E-state index is 12.2. The van der Waals surface area contributed by atoms with Crippen LogP contribution >= 0.6 is 23.4 Å². The molecule has 5 nitrogen and oxygen atoms in total. The number of halogens is 1. The average molecular weight is 362 g/mol. The minimum atomic E-state index is -0.0952. The number of carbonyl (C=O) groups excluding carboxylic acids is 1. The first kappa shape index (κ1) is 16.7. The Kier molecular flexibility index (Phi) is 4.97. The van der Waals surface area contributed by atoms with Gasteiger partial charge in [0.15, 0.2) is 0 Å². The second-order valence-electron chi connectivity index (χ2n) is 5.25. The molecule has 0 atom stereocenters. The van der Waals surface area contributed by atoms with E-state index in [4.69, 9.17) is 22.1 Å². The van der Waals surface area contributed by atoms with Crippen LogP contribution in [0.3, 0.4) is 0 Å². The zero-order chi connectivity index (χ0) is 17.1. The van der Waals surface area contributed by atoms with Gasteiger partial charge < -0.3 is 10.5 Å². The number of anilines is 1. The van der Waals surface area contributed by atoms with E-state index in [2.05, 4.69) is 5.10 Å². The van der Waals surface area contributed by atoms with Crippen LogP contribution in [0.15, 0.2) is 47.6 Å². The smallest absolute Gasteiger partial charge is 0.302 e. The SMILES string of the molecule is COc1ccc(Cl)cc1C1=NN(Cc2cccc(N)c2)C(=O)SC1. The monoisotopic (exact) mass is 361 g/mol. The number of methoxy groups -OCH3 is 1. The van der Waals surface area contributed by atoms with Gasteiger partial charge in [-0.25, -0.2) is 5.01 Å². The summed E-state index contributed by atoms with van der Waals surface area (Å²) >= 11 is 7.30. The first-order valence-electron chi connectivity index (χ1n) is 7.27. The molecule has 0 unspecified atom stereocenters. The minimum absolute atomic E-state index is 0.0952. The third kappa shape index (κ3) is 3.66. The molecule has 1 aliphatic rings. The summed E-state index contributed by atoms with van der Waals surface area (Å²) in [6, 6.07) is 12.8. The molecule has 1 aliphatic heterocycles. The predicted octanol–water partition coefficient (Wildman–Crippen LogP) is 4.00. The maximum absolute atomic E-state index is 12.2. The van der Waals surface area contributed by atoms with Crippen LogP contribution in [0.1, 0.15) is 11.1 Å². The van der Waals surface area contributed by atoms with Gasteiger partial charge in [-0.15, -0.1) is 0 Å². The highest BCUT2D eigenvalue weighted by Gasteiger charge is 2.24. The predicted molar refractivity (Wildman–Crippen MR) is 98.8 cm³/mol. The molecule has 0 saturated heterocycles. The van der Waals surface area contributed by atoms with Gasteiger partial charge in [-0.1, -0.05) is 35.5 Å². The topological polar surface area (TPSA) is 67.9 Å². The Hall–Kier alpha value is -2.18. The zero-order valence-electron chi connectivity index (χ0n) is 13.0. The Labute approximate surface area is 149 Å². The third-order valence-electron chi connectivity index (χ3n) is 3.54. The molecule has 0 aromatic heterocycles. The molecule has 24 heavy (non-hydrogen) atoms. The van der Waals surface area contributed by atoms with Crippen LogP contribution in [-0.4, -0.2) is 28.8 Å². The lowest BCUT2D eigenvalue weighted by molar-refractivity contribution is 0.222. The quantitative estimate of drug-likeness (QED) is 0.835. The summed E-state index contributed by atoms with van der Waals surface area (Å²) in [7, 11) is 1.60. The van der Waals surface area contributed by atoms with Crippen molar-refractivity contribution in [3.63, 3.8) is 0 Å². The Balaban J connectivity index is 1.92. The number of rotatable bonds is 4. The Morgan fingerprint density at radius 1 is 1.33 bits per heavy atom. The van der Waals surface area contributed by atoms with Gasteiger partial charge in [-0.05, 0) is 35.9 Å². The summed E-state index contributed by atoms with van der Waals surface area (Å²) in [5.41, 5.74) is 8.92. The molecule has 2 aromatic carbocycles. The molecule has 2 N–H and O–H groups in total. The first-order valence-corrected chi connectivity index (χ1v) is 8.63. The molecule has 1 heterocycles. The molecule has 124 valence electrons. The normalized spacial score (nSPS) is 14.5. The van der Waals surface area contributed by atoms with Gasteiger partial charge in [0.05, 0.1) is 19.4 Å². The Morgan fingerprint density at radius 3 is 2.92 bits per heavy atom. The lowest BCUT2D eigenvalue weighted by Gasteiger charge is -2.24. The number of carbonyl (C=O) groups is 1. The maximum Gasteiger partial charge on any atom is 0.302 e. The summed E-state index contributed by atoms with van der Waals surface area (Å²) in [5, 5.41) is 6.45. The molecule has 0 radical (unpaired) electrons. The van der Waals surface area contributed by atoms with E-state index in [1.165, 1.54) is 16.8 Å². The highest BCUT2D eigenvalue weighted by Crippen LogP contribution is 2.28. The number of hydrogen-bond donors (Lipinski definition) is 1. The molecular weight excluding hydrogens is 346 g/mol. The van der Waals surface area contributed by atoms with Crippen molar-refractivity contribution in [2.75, 3.05) is 18.6 Å². The third-order valence-corrected chi connectivity index (χ3v) is 4.65. The zero-order valence-corrected chi connectivity index (χ0v) is 14.6. The standard InChI is InChI=1S/C17H16ClN3O2S/c1-23-16-6-5-12(18)8-14(16)15-10-24-17(22)21(20-15)9-11-3-2-4-13(19)7-11/h2-8H,9-10,19H2,1H3. The number of ether oxygens (including phenoxy) is 1. The fourth-order valence-corrected chi connectivity index (χ4v) is 3.32. The fraction of sp³-hybridized carbons (Fsp3) is 0.176. The number of hydrogen-bond acceptors (Lipinski definition) is 5. The molecule has 3 rings (SSSR count). The first-order chi connectivity index (χ1) is 11.6. The van der Waals surface area contributed by atoms with Crippen molar-refractivity contribution >= 4 is 40.0 Å². The van der Waals surface area contributed by atoms with Gasteiger partial charge in [-0.3, -0.25) is 4.79 Å². The molecule has 0 bridgehead atoms. The van der Waals surface area contributed by atoms with E-state index in [0.29, 0.717) is 28.8 Å². The van der Waals surface area contributed by atoms with E-state index < -0.39 is 0 Å². The number of hydrazone groups is 1. The van der Waals surface area contributed by atoms with Crippen molar-refractivity contribution in [2.24, 2.45) is 5.10 Å². The Bertz CT molecular complexity index is 810. The van der Waals surface area contributed by atoms with Crippen molar-refractivity contribution in [3.8, 4) is 5.75 Å². The van der Waals surface area contributed by atoms with Crippen molar-refractivity contribution in [3.05, 3.63) is 58.6 Å². The number of nitrogens with two attached hydrogens (primary N) is 1. The second kappa shape index (κ2) is 7.15. The van der Waals surface area contributed by atoms with E-state index in [9.17, 15) is 4.79 Å². The van der Waals surface area contributed by atoms with Gasteiger partial charge >= 0.3 is 5.24 Å². The van der Waals surface area contributed by atoms with E-state index in [0.717, 1.165) is 16.8 Å². The number of nitrogens with zero attached hydrogens (tertiary/aromatic N) is 2. The van der Waals surface area contributed by atoms with Crippen molar-refractivity contribution in [1.29, 1.82) is 0 Å². The summed E-state index contributed by atoms with van der Waals surface area (Å²) in [4.78, 5) is 12.2. The summed E-state index contributed by atoms with van der Waals surface area (Å²) in [6.45, 7) is 0.364. The second-order valence-corrected chi connectivity index (χ2v) is 6.61. The summed E-state index contributed by atoms with van der Waals surface area (Å²) in [6.07, 6.45) is 0. The molecule has 7 heteroatoms. The number of nitrogen functional groups attached to an aromatic ring is 1. The number of amides is 1. The van der Waals surface area contributed by atoms with Gasteiger partial charge in [0, 0.05) is 22.0 Å². The number of benzene rings is 2. The van der Waals surface area contributed by atoms with Crippen LogP contribution in [0.5, 0.6) is 5.75 Å². The van der Waals surface area contributed by atoms with Crippen molar-refractivity contribution < 1.29 is 9.53 Å². The lowest BCUT2D eigenvalue weighted by atomic mass is 10.1. The summed E-state index contributed by atoms with van der Waals surface area (Å²) < 4.78 is 5.38. The van der Waals surface area contributed by atoms with E-state index >= 15 is 0 Å². The van der Waals surface area contributed by atoms with Crippen LogP contribution in [0, 0.1) is 0 Å². The molecule has 0 fully saturated rings. The van der Waals surface area contributed by atoms with E-state index in [1.54, 1.807) is 25.3 Å². The van der Waals surface area contributed by atoms with E-state index in [-0.39, 0.29) is 5.24 Å². The van der Waals surface area contributed by atoms with Gasteiger partial charge in [0.25, 0.3) is 0 Å². The highest BCUT2D eigenvalue weighted by molar-refractivity contribution is 8.14. The molecule has 1 amide bonds. The van der Waals surface area contributed by atoms with Crippen LogP contribution in [0.25, 0.3) is 0 Å². The van der Waals surface area contributed by atoms with Crippen molar-refractivity contribution in [2.45, 2.75) is 6.54 Å². The van der Waals surface area contributed by atoms with Crippen LogP contribution < -0.4 is 10.5 Å². The van der Waals surface area contributed by atoms with Gasteiger partial charge in [-0.2, -0.15) is 5.10 Å². The molecule has 0 aliphatic carbocycles. The largest absolute Gasteiger partial charge is 0.496 e. The molecule has 0 saturated carbocycles. The molecule has 0 spiro atoms. The van der Waals surface area contributed by atoms with Gasteiger partial charge in [0.2, 0.25) is 0 Å². The highest BCUT2D eigenvalue weighted by atomic mass is 35.5. The van der Waals surface area contributed by atoms with Crippen molar-refractivity contribution in [1.82, 2.24) is 5.01 Å². The Morgan fingerprint density at radius 2 is 2.17 bits per heavy atom. The molecule has 2 aromatic rings. The molecular formula is C17H16ClN3O2S. The minimum Gasteiger partial charge on any atom is -0.496 e. The van der Waals surface area contributed by atoms with Crippen LogP contribution in [0.4, 0.5) is 10.5 Å². The summed E-state index contributed by atoms with van der Waals surface area (Å²) in [5.74, 6) is 1.15. The average Bonchev–Trinajstić information content (AvgIpc) is 2.57. The number of thioether (sulfide) groups is 1. The van der Waals surface area contributed by atoms with E-state index in [1.807, 2.05) is 24.3 Å².